The molecule has 86 valence electrons. The molecule has 0 radical (unpaired) electrons. The third-order valence-electron chi connectivity index (χ3n) is 2.87. The molecule has 1 N–H and O–H groups in total. The van der Waals surface area contributed by atoms with Crippen LogP contribution in [0.2, 0.25) is 0 Å². The number of carbonyl (C=O) groups excluding carboxylic acids is 1. The van der Waals surface area contributed by atoms with Crippen LogP contribution in [0, 0.1) is 0 Å². The van der Waals surface area contributed by atoms with Crippen molar-refractivity contribution in [2.45, 2.75) is 13.0 Å². The number of hydrogen-bond acceptors (Lipinski definition) is 2. The monoisotopic (exact) mass is 282 g/mol. The predicted octanol–water partition coefficient (Wildman–Crippen LogP) is 1.88. The number of hydrogen-bond donors (Lipinski definition) is 1. The minimum absolute atomic E-state index is 0.112. The zero-order valence-electron chi connectivity index (χ0n) is 9.24. The molecule has 0 spiro atoms. The van der Waals surface area contributed by atoms with Crippen LogP contribution in [-0.2, 0) is 0 Å². The molecule has 4 heteroatoms. The Morgan fingerprint density at radius 2 is 2.25 bits per heavy atom. The van der Waals surface area contributed by atoms with E-state index in [0.29, 0.717) is 0 Å². The van der Waals surface area contributed by atoms with Crippen molar-refractivity contribution in [1.29, 1.82) is 0 Å². The van der Waals surface area contributed by atoms with Crippen molar-refractivity contribution in [2.24, 2.45) is 0 Å². The summed E-state index contributed by atoms with van der Waals surface area (Å²) in [6.45, 7) is 4.60. The Bertz CT molecular complexity index is 394. The summed E-state index contributed by atoms with van der Waals surface area (Å²) >= 11 is 3.42. The van der Waals surface area contributed by atoms with Gasteiger partial charge in [-0.2, -0.15) is 0 Å². The van der Waals surface area contributed by atoms with Crippen molar-refractivity contribution in [3.8, 4) is 0 Å². The van der Waals surface area contributed by atoms with Gasteiger partial charge < -0.3 is 10.2 Å². The molecule has 2 rings (SSSR count). The quantitative estimate of drug-likeness (QED) is 0.853. The summed E-state index contributed by atoms with van der Waals surface area (Å²) in [6.07, 6.45) is 0. The second-order valence-electron chi connectivity index (χ2n) is 4.03. The molecule has 0 unspecified atom stereocenters. The first kappa shape index (κ1) is 11.6. The number of nitrogens with zero attached hydrogens (tertiary/aromatic N) is 1. The third kappa shape index (κ3) is 2.28. The lowest BCUT2D eigenvalue weighted by Gasteiger charge is -2.34. The van der Waals surface area contributed by atoms with Gasteiger partial charge >= 0.3 is 0 Å². The molecule has 3 nitrogen and oxygen atoms in total. The van der Waals surface area contributed by atoms with Gasteiger partial charge in [-0.3, -0.25) is 4.79 Å². The lowest BCUT2D eigenvalue weighted by atomic mass is 10.1. The van der Waals surface area contributed by atoms with Gasteiger partial charge in [-0.1, -0.05) is 12.1 Å². The van der Waals surface area contributed by atoms with Crippen LogP contribution in [0.1, 0.15) is 17.3 Å². The van der Waals surface area contributed by atoms with E-state index in [2.05, 4.69) is 28.2 Å². The maximum atomic E-state index is 12.3. The molecule has 1 aliphatic rings. The summed E-state index contributed by atoms with van der Waals surface area (Å²) in [5, 5.41) is 3.28. The lowest BCUT2D eigenvalue weighted by Crippen LogP contribution is -2.52. The zero-order valence-corrected chi connectivity index (χ0v) is 10.8. The van der Waals surface area contributed by atoms with Crippen molar-refractivity contribution in [3.05, 3.63) is 34.3 Å². The average Bonchev–Trinajstić information content (AvgIpc) is 2.29. The van der Waals surface area contributed by atoms with Crippen LogP contribution in [0.4, 0.5) is 0 Å². The van der Waals surface area contributed by atoms with Gasteiger partial charge in [0.05, 0.1) is 5.56 Å². The van der Waals surface area contributed by atoms with Crippen molar-refractivity contribution < 1.29 is 4.79 Å². The van der Waals surface area contributed by atoms with E-state index in [-0.39, 0.29) is 11.9 Å². The molecule has 0 aliphatic carbocycles. The number of nitrogens with one attached hydrogen (secondary N) is 1. The Kier molecular flexibility index (Phi) is 3.61. The summed E-state index contributed by atoms with van der Waals surface area (Å²) < 4.78 is 0.866. The SMILES string of the molecule is C[C@H]1CNCCN1C(=O)c1ccccc1Br. The first-order valence-electron chi connectivity index (χ1n) is 5.46. The fourth-order valence-corrected chi connectivity index (χ4v) is 2.39. The van der Waals surface area contributed by atoms with E-state index in [9.17, 15) is 4.79 Å². The van der Waals surface area contributed by atoms with Crippen molar-refractivity contribution in [3.63, 3.8) is 0 Å². The molecule has 1 aliphatic heterocycles. The topological polar surface area (TPSA) is 32.3 Å². The highest BCUT2D eigenvalue weighted by molar-refractivity contribution is 9.10. The molecule has 0 bridgehead atoms. The molecule has 16 heavy (non-hydrogen) atoms. The molecule has 0 saturated carbocycles. The van der Waals surface area contributed by atoms with Crippen LogP contribution >= 0.6 is 15.9 Å². The molecule has 1 aromatic carbocycles. The lowest BCUT2D eigenvalue weighted by molar-refractivity contribution is 0.0655. The Morgan fingerprint density at radius 3 is 2.94 bits per heavy atom. The van der Waals surface area contributed by atoms with E-state index in [1.165, 1.54) is 0 Å². The average molecular weight is 283 g/mol. The molecule has 1 fully saturated rings. The van der Waals surface area contributed by atoms with Gasteiger partial charge in [-0.05, 0) is 35.0 Å². The number of halogens is 1. The normalized spacial score (nSPS) is 20.9. The predicted molar refractivity (Wildman–Crippen MR) is 67.5 cm³/mol. The van der Waals surface area contributed by atoms with Crippen LogP contribution in [-0.4, -0.2) is 36.5 Å². The summed E-state index contributed by atoms with van der Waals surface area (Å²) in [7, 11) is 0. The number of rotatable bonds is 1. The van der Waals surface area contributed by atoms with Crippen LogP contribution < -0.4 is 5.32 Å². The highest BCUT2D eigenvalue weighted by Gasteiger charge is 2.24. The summed E-state index contributed by atoms with van der Waals surface area (Å²) in [5.74, 6) is 0.112. The number of carbonyl (C=O) groups is 1. The van der Waals surface area contributed by atoms with Gasteiger partial charge in [-0.15, -0.1) is 0 Å². The zero-order chi connectivity index (χ0) is 11.5. The fourth-order valence-electron chi connectivity index (χ4n) is 1.93. The largest absolute Gasteiger partial charge is 0.333 e. The highest BCUT2D eigenvalue weighted by Crippen LogP contribution is 2.19. The Balaban J connectivity index is 2.21. The van der Waals surface area contributed by atoms with Crippen LogP contribution in [0.15, 0.2) is 28.7 Å². The van der Waals surface area contributed by atoms with Crippen molar-refractivity contribution >= 4 is 21.8 Å². The molecule has 1 amide bonds. The number of amides is 1. The van der Waals surface area contributed by atoms with E-state index >= 15 is 0 Å². The third-order valence-corrected chi connectivity index (χ3v) is 3.56. The summed E-state index contributed by atoms with van der Waals surface area (Å²) in [5.41, 5.74) is 0.747. The van der Waals surface area contributed by atoms with Gasteiger partial charge in [0.25, 0.3) is 5.91 Å². The maximum Gasteiger partial charge on any atom is 0.255 e. The van der Waals surface area contributed by atoms with E-state index in [1.807, 2.05) is 29.2 Å². The second kappa shape index (κ2) is 4.97. The minimum atomic E-state index is 0.112. The molecule has 0 aromatic heterocycles. The standard InChI is InChI=1S/C12H15BrN2O/c1-9-8-14-6-7-15(9)12(16)10-4-2-3-5-11(10)13/h2-5,9,14H,6-8H2,1H3/t9-/m0/s1. The van der Waals surface area contributed by atoms with Crippen molar-refractivity contribution in [2.75, 3.05) is 19.6 Å². The van der Waals surface area contributed by atoms with Crippen LogP contribution in [0.3, 0.4) is 0 Å². The van der Waals surface area contributed by atoms with Gasteiger partial charge in [0, 0.05) is 30.1 Å². The summed E-state index contributed by atoms with van der Waals surface area (Å²) in [4.78, 5) is 14.2. The van der Waals surface area contributed by atoms with E-state index in [4.69, 9.17) is 0 Å². The van der Waals surface area contributed by atoms with Crippen LogP contribution in [0.25, 0.3) is 0 Å². The van der Waals surface area contributed by atoms with Gasteiger partial charge in [0.15, 0.2) is 0 Å². The molecule has 1 heterocycles. The Morgan fingerprint density at radius 1 is 1.50 bits per heavy atom. The molecular formula is C12H15BrN2O. The van der Waals surface area contributed by atoms with E-state index in [0.717, 1.165) is 29.7 Å². The van der Waals surface area contributed by atoms with E-state index in [1.54, 1.807) is 0 Å². The first-order valence-corrected chi connectivity index (χ1v) is 6.25. The molecule has 1 saturated heterocycles. The number of piperazine rings is 1. The summed E-state index contributed by atoms with van der Waals surface area (Å²) in [6, 6.07) is 7.84. The minimum Gasteiger partial charge on any atom is -0.333 e. The van der Waals surface area contributed by atoms with Gasteiger partial charge in [-0.25, -0.2) is 0 Å². The van der Waals surface area contributed by atoms with Crippen molar-refractivity contribution in [1.82, 2.24) is 10.2 Å². The maximum absolute atomic E-state index is 12.3. The first-order chi connectivity index (χ1) is 7.70. The van der Waals surface area contributed by atoms with Gasteiger partial charge in [0.2, 0.25) is 0 Å². The van der Waals surface area contributed by atoms with E-state index < -0.39 is 0 Å². The number of benzene rings is 1. The van der Waals surface area contributed by atoms with Gasteiger partial charge in [0.1, 0.15) is 0 Å². The Hall–Kier alpha value is -0.870. The molecular weight excluding hydrogens is 268 g/mol. The Labute approximate surface area is 104 Å². The smallest absolute Gasteiger partial charge is 0.255 e. The fraction of sp³-hybridized carbons (Fsp3) is 0.417. The highest BCUT2D eigenvalue weighted by atomic mass is 79.9. The van der Waals surface area contributed by atoms with Crippen LogP contribution in [0.5, 0.6) is 0 Å². The molecule has 1 atom stereocenters. The molecule has 1 aromatic rings. The second-order valence-corrected chi connectivity index (χ2v) is 4.89.